The zero-order chi connectivity index (χ0) is 70.8. The van der Waals surface area contributed by atoms with Crippen molar-refractivity contribution < 1.29 is 193 Å². The van der Waals surface area contributed by atoms with Crippen LogP contribution < -0.4 is 16.0 Å². The molecule has 0 unspecified atom stereocenters. The molecule has 42 heteroatoms. The number of rotatable bonds is 23. The van der Waals surface area contributed by atoms with Crippen molar-refractivity contribution in [1.82, 2.24) is 16.0 Å². The first-order valence-electron chi connectivity index (χ1n) is 30.8. The van der Waals surface area contributed by atoms with Crippen molar-refractivity contribution in [2.75, 3.05) is 39.6 Å². The predicted molar refractivity (Wildman–Crippen MR) is 296 cm³/mol. The predicted octanol–water partition coefficient (Wildman–Crippen LogP) is -16.0. The second kappa shape index (κ2) is 33.8. The summed E-state index contributed by atoms with van der Waals surface area (Å²) in [5, 5.41) is 237. The Hall–Kier alpha value is -3.03. The molecule has 0 aromatic carbocycles. The number of nitrogens with one attached hydrogen (secondary N) is 3. The van der Waals surface area contributed by atoms with Crippen LogP contribution in [0.15, 0.2) is 0 Å². The minimum atomic E-state index is -2.24. The molecule has 0 saturated carbocycles. The highest BCUT2D eigenvalue weighted by Crippen LogP contribution is 2.38. The number of amides is 3. The third-order valence-electron chi connectivity index (χ3n) is 17.7. The van der Waals surface area contributed by atoms with E-state index >= 15 is 0 Å². The molecule has 8 rings (SSSR count). The molecule has 0 spiro atoms. The zero-order valence-corrected chi connectivity index (χ0v) is 52.1. The molecule has 8 aliphatic heterocycles. The van der Waals surface area contributed by atoms with Crippen LogP contribution in [0.4, 0.5) is 0 Å². The number of ether oxygens (including phenoxy) is 15. The van der Waals surface area contributed by atoms with Gasteiger partial charge in [0, 0.05) is 20.8 Å². The third kappa shape index (κ3) is 17.2. The molecule has 40 atom stereocenters. The van der Waals surface area contributed by atoms with Crippen LogP contribution in [0.5, 0.6) is 0 Å². The summed E-state index contributed by atoms with van der Waals surface area (Å²) in [5.41, 5.74) is 0. The van der Waals surface area contributed by atoms with Crippen LogP contribution in [-0.4, -0.2) is 410 Å². The first-order chi connectivity index (χ1) is 45.3. The molecule has 0 radical (unpaired) electrons. The average molecular weight is 1410 g/mol. The molecule has 556 valence electrons. The van der Waals surface area contributed by atoms with Gasteiger partial charge < -0.3 is 194 Å². The van der Waals surface area contributed by atoms with Gasteiger partial charge in [-0.1, -0.05) is 0 Å². The van der Waals surface area contributed by atoms with E-state index in [1.807, 2.05) is 0 Å². The smallest absolute Gasteiger partial charge is 0.217 e. The molecular weight excluding hydrogens is 1310 g/mol. The van der Waals surface area contributed by atoms with Crippen LogP contribution in [0.1, 0.15) is 34.6 Å². The molecule has 3 amide bonds. The summed E-state index contributed by atoms with van der Waals surface area (Å²) in [5.74, 6) is -2.54. The number of hydrogen-bond acceptors (Lipinski definition) is 39. The molecule has 8 heterocycles. The van der Waals surface area contributed by atoms with Crippen LogP contribution in [0.25, 0.3) is 0 Å². The average Bonchev–Trinajstić information content (AvgIpc) is 0.779. The third-order valence-corrected chi connectivity index (χ3v) is 17.7. The van der Waals surface area contributed by atoms with Crippen molar-refractivity contribution in [3.63, 3.8) is 0 Å². The Bertz CT molecular complexity index is 2480. The maximum Gasteiger partial charge on any atom is 0.217 e. The lowest BCUT2D eigenvalue weighted by atomic mass is 9.94. The van der Waals surface area contributed by atoms with Gasteiger partial charge in [0.2, 0.25) is 17.7 Å². The fraction of sp³-hybridized carbons (Fsp3) is 0.944. The van der Waals surface area contributed by atoms with Gasteiger partial charge in [-0.15, -0.1) is 0 Å². The van der Waals surface area contributed by atoms with Gasteiger partial charge >= 0.3 is 0 Å². The van der Waals surface area contributed by atoms with Crippen molar-refractivity contribution in [2.24, 2.45) is 0 Å². The molecule has 0 aromatic heterocycles. The summed E-state index contributed by atoms with van der Waals surface area (Å²) in [6.07, 6.45) is -69.7. The van der Waals surface area contributed by atoms with E-state index in [0.717, 1.165) is 20.8 Å². The monoisotopic (exact) mass is 1410 g/mol. The van der Waals surface area contributed by atoms with Gasteiger partial charge in [0.1, 0.15) is 183 Å². The summed E-state index contributed by atoms with van der Waals surface area (Å²) in [4.78, 5) is 37.8. The van der Waals surface area contributed by atoms with Crippen LogP contribution in [0.2, 0.25) is 0 Å². The maximum atomic E-state index is 12.8. The van der Waals surface area contributed by atoms with Gasteiger partial charge in [0.15, 0.2) is 50.3 Å². The van der Waals surface area contributed by atoms with Gasteiger partial charge in [-0.25, -0.2) is 0 Å². The fourth-order valence-electron chi connectivity index (χ4n) is 12.4. The molecule has 8 saturated heterocycles. The van der Waals surface area contributed by atoms with Crippen LogP contribution in [0.3, 0.4) is 0 Å². The lowest BCUT2D eigenvalue weighted by Crippen LogP contribution is -2.70. The molecule has 24 N–H and O–H groups in total. The Morgan fingerprint density at radius 1 is 0.292 bits per heavy atom. The minimum Gasteiger partial charge on any atom is -0.394 e. The number of carbonyl (C=O) groups excluding carboxylic acids is 3. The van der Waals surface area contributed by atoms with Crippen molar-refractivity contribution in [1.29, 1.82) is 0 Å². The summed E-state index contributed by atoms with van der Waals surface area (Å²) in [7, 11) is 0. The maximum absolute atomic E-state index is 12.8. The molecule has 8 aliphatic rings. The van der Waals surface area contributed by atoms with E-state index in [1.54, 1.807) is 0 Å². The summed E-state index contributed by atoms with van der Waals surface area (Å²) in [6.45, 7) is -0.230. The normalized spacial score (nSPS) is 50.3. The molecule has 0 bridgehead atoms. The second-order valence-electron chi connectivity index (χ2n) is 24.6. The van der Waals surface area contributed by atoms with E-state index in [9.17, 15) is 122 Å². The highest BCUT2D eigenvalue weighted by molar-refractivity contribution is 5.74. The lowest BCUT2D eigenvalue weighted by Gasteiger charge is -2.50. The van der Waals surface area contributed by atoms with E-state index in [4.69, 9.17) is 71.1 Å². The van der Waals surface area contributed by atoms with Crippen molar-refractivity contribution >= 4 is 17.7 Å². The van der Waals surface area contributed by atoms with Crippen molar-refractivity contribution in [3.05, 3.63) is 0 Å². The standard InChI is InChI=1S/C54H91N3O39/c1-12-26(65)34(73)39(78)50(84-12)82-11-22-44(31(70)23(47(81)86-22)55-14(3)62)92-48-24(56-15(4)63)32(71)42(19(8-60)89-48)93-52-41(80)36(75)30(69)21(91-52)10-83-53-45(37(76)28(67)17(6-58)87-53)95-49-25(57-16(5)64)33(72)43(20(9-61)90-49)94-54-46(38(77)29(68)18(7-59)88-54)96-51-40(79)35(74)27(66)13(2)85-51/h12-13,17-54,58-61,65-81H,6-11H2,1-5H3,(H,55,62)(H,56,63)(H,57,64)/t12-,13-,17+,18+,19+,20+,21+,22+,23+,24+,25+,26+,27+,28+,29-,30+,31+,32+,33+,34+,35+,36-,37-,38-,39-,40-,41-,42+,43+,44+,45-,46+,47+,48-,49-,50+,51-,52-,53-,54-/m0/s1. The number of aliphatic hydroxyl groups excluding tert-OH is 21. The zero-order valence-electron chi connectivity index (χ0n) is 52.1. The molecule has 42 nitrogen and oxygen atoms in total. The number of hydrogen-bond donors (Lipinski definition) is 24. The van der Waals surface area contributed by atoms with Crippen LogP contribution in [0, 0.1) is 0 Å². The van der Waals surface area contributed by atoms with E-state index in [-0.39, 0.29) is 0 Å². The first-order valence-corrected chi connectivity index (χ1v) is 30.8. The molecule has 0 aromatic rings. The Balaban J connectivity index is 0.984. The van der Waals surface area contributed by atoms with Crippen LogP contribution in [-0.2, 0) is 85.4 Å². The Morgan fingerprint density at radius 3 is 1.08 bits per heavy atom. The SMILES string of the molecule is CC(=O)N[C@@H]1[C@@H](O)[C@H](O[C@@H]2O[C@H](CO)[C@@H](O[C@@H]3O[C@H](CO[C@H]4O[C@H](CO)[C@@H](O)[C@H](O)[C@@H]4O[C@@H]4O[C@H](CO)[C@@H](O[C@@H]5O[C@H](CO)[C@H](O)[C@H](O)[C@H]5O[C@@H]5O[C@@H](C)[C@@H](O)[C@@H](O)[C@@H]5O)[C@H](O)[C@H]4NC(C)=O)[C@@H](O)[C@H](O)[C@@H]3O)[C@H](O)[C@H]2NC(C)=O)[C@@H](CO[C@@H]2O[C@@H](C)[C@@H](O)[C@@H](O)[C@@H]2O)O[C@H]1O. The van der Waals surface area contributed by atoms with Gasteiger partial charge in [0.25, 0.3) is 0 Å². The lowest BCUT2D eigenvalue weighted by molar-refractivity contribution is -0.391. The minimum absolute atomic E-state index is 0.752. The van der Waals surface area contributed by atoms with E-state index in [0.29, 0.717) is 0 Å². The van der Waals surface area contributed by atoms with E-state index in [1.165, 1.54) is 13.8 Å². The number of carbonyl (C=O) groups is 3. The Kier molecular flexibility index (Phi) is 27.7. The Morgan fingerprint density at radius 2 is 0.604 bits per heavy atom. The molecule has 0 aliphatic carbocycles. The molecular formula is C54H91N3O39. The van der Waals surface area contributed by atoms with E-state index in [2.05, 4.69) is 16.0 Å². The highest BCUT2D eigenvalue weighted by atomic mass is 16.8. The first kappa shape index (κ1) is 78.7. The molecule has 8 fully saturated rings. The summed E-state index contributed by atoms with van der Waals surface area (Å²) < 4.78 is 87.5. The quantitative estimate of drug-likeness (QED) is 0.0452. The Labute approximate surface area is 545 Å². The van der Waals surface area contributed by atoms with Crippen molar-refractivity contribution in [2.45, 2.75) is 280 Å². The van der Waals surface area contributed by atoms with Crippen LogP contribution >= 0.6 is 0 Å². The van der Waals surface area contributed by atoms with Gasteiger partial charge in [0.05, 0.1) is 51.8 Å². The van der Waals surface area contributed by atoms with Gasteiger partial charge in [-0.05, 0) is 13.8 Å². The van der Waals surface area contributed by atoms with Gasteiger partial charge in [-0.2, -0.15) is 0 Å². The number of aliphatic hydroxyl groups is 21. The van der Waals surface area contributed by atoms with E-state index < -0.39 is 303 Å². The summed E-state index contributed by atoms with van der Waals surface area (Å²) in [6, 6.07) is -5.31. The van der Waals surface area contributed by atoms with Crippen molar-refractivity contribution in [3.8, 4) is 0 Å². The second-order valence-corrected chi connectivity index (χ2v) is 24.6. The topological polar surface area (TPSA) is 651 Å². The fourth-order valence-corrected chi connectivity index (χ4v) is 12.4. The molecule has 96 heavy (non-hydrogen) atoms. The van der Waals surface area contributed by atoms with Gasteiger partial charge in [-0.3, -0.25) is 14.4 Å². The summed E-state index contributed by atoms with van der Waals surface area (Å²) >= 11 is 0. The largest absolute Gasteiger partial charge is 0.394 e. The highest BCUT2D eigenvalue weighted by Gasteiger charge is 2.59.